The minimum Gasteiger partial charge on any atom is -0.395 e. The Kier molecular flexibility index (Phi) is 3.69. The van der Waals surface area contributed by atoms with Crippen LogP contribution < -0.4 is 10.6 Å². The van der Waals surface area contributed by atoms with Gasteiger partial charge in [0.15, 0.2) is 11.5 Å². The van der Waals surface area contributed by atoms with Gasteiger partial charge in [0, 0.05) is 29.4 Å². The zero-order chi connectivity index (χ0) is 17.6. The molecule has 6 nitrogen and oxygen atoms in total. The van der Waals surface area contributed by atoms with Crippen molar-refractivity contribution in [1.29, 1.82) is 0 Å². The van der Waals surface area contributed by atoms with Crippen LogP contribution in [0.3, 0.4) is 0 Å². The first-order valence-corrected chi connectivity index (χ1v) is 8.33. The van der Waals surface area contributed by atoms with E-state index < -0.39 is 0 Å². The van der Waals surface area contributed by atoms with Gasteiger partial charge in [0.05, 0.1) is 23.2 Å². The lowest BCUT2D eigenvalue weighted by Gasteiger charge is -2.21. The molecule has 0 saturated heterocycles. The van der Waals surface area contributed by atoms with Gasteiger partial charge < -0.3 is 20.3 Å². The number of hydrogen-bond acceptors (Lipinski definition) is 6. The topological polar surface area (TPSA) is 87.4 Å². The van der Waals surface area contributed by atoms with Gasteiger partial charge in [-0.15, -0.1) is 0 Å². The van der Waals surface area contributed by atoms with Crippen LogP contribution in [0.1, 0.15) is 29.8 Å². The molecule has 128 valence electrons. The molecule has 3 N–H and O–H groups in total. The fourth-order valence-corrected chi connectivity index (χ4v) is 3.31. The lowest BCUT2D eigenvalue weighted by Crippen LogP contribution is -2.17. The molecule has 0 unspecified atom stereocenters. The highest BCUT2D eigenvalue weighted by Gasteiger charge is 2.32. The Morgan fingerprint density at radius 2 is 1.96 bits per heavy atom. The van der Waals surface area contributed by atoms with Gasteiger partial charge in [0.25, 0.3) is 0 Å². The molecule has 0 amide bonds. The van der Waals surface area contributed by atoms with Crippen molar-refractivity contribution >= 4 is 28.1 Å². The van der Waals surface area contributed by atoms with E-state index in [9.17, 15) is 4.79 Å². The molecule has 4 rings (SSSR count). The third-order valence-electron chi connectivity index (χ3n) is 4.27. The summed E-state index contributed by atoms with van der Waals surface area (Å²) in [5.41, 5.74) is 4.06. The van der Waals surface area contributed by atoms with E-state index in [4.69, 9.17) is 9.63 Å². The molecule has 1 aromatic heterocycles. The second-order valence-corrected chi connectivity index (χ2v) is 6.41. The van der Waals surface area contributed by atoms with Crippen molar-refractivity contribution in [2.75, 3.05) is 23.8 Å². The van der Waals surface area contributed by atoms with Crippen LogP contribution in [0.25, 0.3) is 22.2 Å². The van der Waals surface area contributed by atoms with Crippen LogP contribution in [0.5, 0.6) is 0 Å². The van der Waals surface area contributed by atoms with E-state index in [-0.39, 0.29) is 18.4 Å². The van der Waals surface area contributed by atoms with Gasteiger partial charge in [0.2, 0.25) is 0 Å². The first-order valence-electron chi connectivity index (χ1n) is 8.33. The second-order valence-electron chi connectivity index (χ2n) is 6.41. The Hall–Kier alpha value is -2.86. The molecule has 0 radical (unpaired) electrons. The predicted molar refractivity (Wildman–Crippen MR) is 97.2 cm³/mol. The zero-order valence-corrected chi connectivity index (χ0v) is 14.1. The number of aliphatic hydroxyl groups is 1. The Bertz CT molecular complexity index is 975. The summed E-state index contributed by atoms with van der Waals surface area (Å²) >= 11 is 0. The molecule has 3 aromatic rings. The van der Waals surface area contributed by atoms with E-state index in [0.29, 0.717) is 28.9 Å². The summed E-state index contributed by atoms with van der Waals surface area (Å²) in [4.78, 5) is 13.2. The lowest BCUT2D eigenvalue weighted by atomic mass is 9.86. The van der Waals surface area contributed by atoms with Gasteiger partial charge in [0.1, 0.15) is 5.52 Å². The molecule has 2 aromatic carbocycles. The zero-order valence-electron chi connectivity index (χ0n) is 14.1. The number of rotatable bonds is 5. The average Bonchev–Trinajstić information content (AvgIpc) is 3.03. The summed E-state index contributed by atoms with van der Waals surface area (Å²) in [5, 5.41) is 20.6. The molecule has 0 fully saturated rings. The third-order valence-corrected chi connectivity index (χ3v) is 4.27. The fraction of sp³-hybridized carbons (Fsp3) is 0.263. The number of fused-ring (bicyclic) bond motifs is 2. The van der Waals surface area contributed by atoms with E-state index in [1.54, 1.807) is 0 Å². The van der Waals surface area contributed by atoms with Gasteiger partial charge in [-0.25, -0.2) is 0 Å². The number of nitrogens with one attached hydrogen (secondary N) is 2. The largest absolute Gasteiger partial charge is 0.395 e. The average molecular weight is 337 g/mol. The van der Waals surface area contributed by atoms with Gasteiger partial charge in [-0.05, 0) is 19.9 Å². The van der Waals surface area contributed by atoms with Crippen molar-refractivity contribution in [3.63, 3.8) is 0 Å². The SMILES string of the molecule is CC(C)Nc1cc(NCCO)c2noc3c2c1C(=O)c1ccccc1-3. The van der Waals surface area contributed by atoms with Crippen molar-refractivity contribution < 1.29 is 14.4 Å². The van der Waals surface area contributed by atoms with Crippen molar-refractivity contribution in [1.82, 2.24) is 5.16 Å². The van der Waals surface area contributed by atoms with Gasteiger partial charge in [-0.2, -0.15) is 0 Å². The number of nitrogens with zero attached hydrogens (tertiary/aromatic N) is 1. The molecular weight excluding hydrogens is 318 g/mol. The number of aromatic nitrogens is 1. The summed E-state index contributed by atoms with van der Waals surface area (Å²) in [6, 6.07) is 9.44. The summed E-state index contributed by atoms with van der Waals surface area (Å²) in [6.07, 6.45) is 0. The van der Waals surface area contributed by atoms with Crippen molar-refractivity contribution in [2.24, 2.45) is 0 Å². The van der Waals surface area contributed by atoms with Crippen LogP contribution in [0.15, 0.2) is 34.9 Å². The van der Waals surface area contributed by atoms with Crippen LogP contribution >= 0.6 is 0 Å². The lowest BCUT2D eigenvalue weighted by molar-refractivity contribution is 0.104. The number of carbonyl (C=O) groups excluding carboxylic acids is 1. The maximum atomic E-state index is 13.2. The summed E-state index contributed by atoms with van der Waals surface area (Å²) in [7, 11) is 0. The molecule has 25 heavy (non-hydrogen) atoms. The van der Waals surface area contributed by atoms with E-state index in [0.717, 1.165) is 22.3 Å². The monoisotopic (exact) mass is 337 g/mol. The molecule has 0 saturated carbocycles. The number of hydrogen-bond donors (Lipinski definition) is 3. The van der Waals surface area contributed by atoms with E-state index in [1.165, 1.54) is 0 Å². The fourth-order valence-electron chi connectivity index (χ4n) is 3.31. The Morgan fingerprint density at radius 1 is 1.20 bits per heavy atom. The normalized spacial score (nSPS) is 12.6. The highest BCUT2D eigenvalue weighted by atomic mass is 16.5. The summed E-state index contributed by atoms with van der Waals surface area (Å²) in [6.45, 7) is 4.44. The molecule has 1 heterocycles. The van der Waals surface area contributed by atoms with E-state index >= 15 is 0 Å². The molecule has 1 aliphatic rings. The van der Waals surface area contributed by atoms with Gasteiger partial charge in [-0.1, -0.05) is 29.4 Å². The molecule has 0 bridgehead atoms. The van der Waals surface area contributed by atoms with Crippen molar-refractivity contribution in [3.05, 3.63) is 41.5 Å². The minimum atomic E-state index is -0.0341. The first-order chi connectivity index (χ1) is 12.1. The molecule has 0 aliphatic heterocycles. The number of aliphatic hydroxyl groups excluding tert-OH is 1. The maximum Gasteiger partial charge on any atom is 0.196 e. The van der Waals surface area contributed by atoms with E-state index in [1.807, 2.05) is 44.2 Å². The second kappa shape index (κ2) is 5.89. The van der Waals surface area contributed by atoms with Crippen LogP contribution in [-0.4, -0.2) is 35.2 Å². The molecule has 6 heteroatoms. The third kappa shape index (κ3) is 2.37. The van der Waals surface area contributed by atoms with Gasteiger partial charge >= 0.3 is 0 Å². The quantitative estimate of drug-likeness (QED) is 0.518. The molecule has 1 aliphatic carbocycles. The highest BCUT2D eigenvalue weighted by molar-refractivity contribution is 6.28. The van der Waals surface area contributed by atoms with Crippen LogP contribution in [0.4, 0.5) is 11.4 Å². The van der Waals surface area contributed by atoms with Crippen molar-refractivity contribution in [3.8, 4) is 11.3 Å². The number of benzene rings is 2. The maximum absolute atomic E-state index is 13.2. The Morgan fingerprint density at radius 3 is 2.68 bits per heavy atom. The smallest absolute Gasteiger partial charge is 0.196 e. The molecular formula is C19H19N3O3. The number of carbonyl (C=O) groups is 1. The van der Waals surface area contributed by atoms with Crippen molar-refractivity contribution in [2.45, 2.75) is 19.9 Å². The summed E-state index contributed by atoms with van der Waals surface area (Å²) < 4.78 is 5.62. The van der Waals surface area contributed by atoms with Crippen LogP contribution in [-0.2, 0) is 0 Å². The molecule has 0 spiro atoms. The number of ketones is 1. The predicted octanol–water partition coefficient (Wildman–Crippen LogP) is 3.26. The van der Waals surface area contributed by atoms with Crippen LogP contribution in [0.2, 0.25) is 0 Å². The Balaban J connectivity index is 2.04. The minimum absolute atomic E-state index is 0.00264. The van der Waals surface area contributed by atoms with Gasteiger partial charge in [-0.3, -0.25) is 4.79 Å². The molecule has 0 atom stereocenters. The standard InChI is InChI=1S/C19H19N3O3/c1-10(2)21-13-9-14(20-7-8-23)17-16-15(13)18(24)11-5-3-4-6-12(11)19(16)25-22-17/h3-6,9-10,20-21,23H,7-8H2,1-2H3. The number of anilines is 2. The van der Waals surface area contributed by atoms with Crippen LogP contribution in [0, 0.1) is 0 Å². The highest BCUT2D eigenvalue weighted by Crippen LogP contribution is 2.44. The summed E-state index contributed by atoms with van der Waals surface area (Å²) in [5.74, 6) is 0.577. The Labute approximate surface area is 144 Å². The van der Waals surface area contributed by atoms with E-state index in [2.05, 4.69) is 15.8 Å². The first kappa shape index (κ1) is 15.7.